The average molecular weight is 249 g/mol. The molecule has 2 heterocycles. The predicted molar refractivity (Wildman–Crippen MR) is 64.2 cm³/mol. The summed E-state index contributed by atoms with van der Waals surface area (Å²) in [5, 5.41) is 3.86. The summed E-state index contributed by atoms with van der Waals surface area (Å²) >= 11 is 0. The highest BCUT2D eigenvalue weighted by Gasteiger charge is 2.39. The fourth-order valence-electron chi connectivity index (χ4n) is 1.92. The molecule has 1 unspecified atom stereocenters. The van der Waals surface area contributed by atoms with E-state index < -0.39 is 17.7 Å². The Kier molecular flexibility index (Phi) is 3.27. The van der Waals surface area contributed by atoms with Crippen LogP contribution in [0, 0.1) is 11.8 Å². The third kappa shape index (κ3) is 1.94. The van der Waals surface area contributed by atoms with Gasteiger partial charge in [-0.3, -0.25) is 14.5 Å². The molecule has 0 N–H and O–H groups in total. The lowest BCUT2D eigenvalue weighted by atomic mass is 10.1. The van der Waals surface area contributed by atoms with Crippen LogP contribution >= 0.6 is 0 Å². The Morgan fingerprint density at radius 2 is 2.11 bits per heavy atom. The molecule has 6 nitrogen and oxygen atoms in total. The predicted octanol–water partition coefficient (Wildman–Crippen LogP) is 0.731. The van der Waals surface area contributed by atoms with Crippen LogP contribution in [0.25, 0.3) is 0 Å². The maximum absolute atomic E-state index is 12.1. The Hall–Kier alpha value is -1.98. The molecule has 1 aromatic rings. The van der Waals surface area contributed by atoms with E-state index in [1.54, 1.807) is 6.07 Å². The highest BCUT2D eigenvalue weighted by atomic mass is 16.2. The molecule has 0 bridgehead atoms. The molecule has 1 atom stereocenters. The Morgan fingerprint density at radius 3 is 2.72 bits per heavy atom. The first-order chi connectivity index (χ1) is 8.56. The molecule has 6 heteroatoms. The lowest BCUT2D eigenvalue weighted by Crippen LogP contribution is -2.49. The van der Waals surface area contributed by atoms with Crippen LogP contribution in [0.3, 0.4) is 0 Å². The Morgan fingerprint density at radius 1 is 1.39 bits per heavy atom. The SMILES string of the molecule is CC(C)CCN1C(=O)C(C=O)C(=O)n2nccc21. The highest BCUT2D eigenvalue weighted by molar-refractivity contribution is 6.20. The summed E-state index contributed by atoms with van der Waals surface area (Å²) in [5.74, 6) is -1.41. The zero-order valence-corrected chi connectivity index (χ0v) is 10.4. The van der Waals surface area contributed by atoms with Crippen molar-refractivity contribution in [1.29, 1.82) is 0 Å². The van der Waals surface area contributed by atoms with Gasteiger partial charge in [-0.25, -0.2) is 0 Å². The van der Waals surface area contributed by atoms with Gasteiger partial charge in [0.05, 0.1) is 6.20 Å². The number of aromatic nitrogens is 2. The number of aldehydes is 1. The minimum atomic E-state index is -1.26. The van der Waals surface area contributed by atoms with Crippen molar-refractivity contribution in [3.05, 3.63) is 12.3 Å². The Bertz CT molecular complexity index is 493. The molecule has 96 valence electrons. The summed E-state index contributed by atoms with van der Waals surface area (Å²) in [5.41, 5.74) is 0. The molecule has 2 rings (SSSR count). The molecule has 18 heavy (non-hydrogen) atoms. The van der Waals surface area contributed by atoms with Crippen molar-refractivity contribution >= 4 is 23.9 Å². The summed E-state index contributed by atoms with van der Waals surface area (Å²) in [7, 11) is 0. The van der Waals surface area contributed by atoms with Crippen LogP contribution in [0.2, 0.25) is 0 Å². The molecule has 1 aliphatic heterocycles. The first-order valence-electron chi connectivity index (χ1n) is 5.91. The molecule has 0 saturated carbocycles. The molecular weight excluding hydrogens is 234 g/mol. The minimum absolute atomic E-state index is 0.387. The molecule has 1 aliphatic rings. The van der Waals surface area contributed by atoms with Gasteiger partial charge in [-0.15, -0.1) is 0 Å². The van der Waals surface area contributed by atoms with Gasteiger partial charge in [0, 0.05) is 12.6 Å². The number of rotatable bonds is 4. The quantitative estimate of drug-likeness (QED) is 0.582. The number of carbonyl (C=O) groups excluding carboxylic acids is 3. The van der Waals surface area contributed by atoms with Gasteiger partial charge in [-0.05, 0) is 12.3 Å². The highest BCUT2D eigenvalue weighted by Crippen LogP contribution is 2.24. The first kappa shape index (κ1) is 12.5. The largest absolute Gasteiger partial charge is 0.302 e. The van der Waals surface area contributed by atoms with E-state index in [0.29, 0.717) is 24.6 Å². The number of carbonyl (C=O) groups is 3. The summed E-state index contributed by atoms with van der Waals surface area (Å²) < 4.78 is 1.13. The van der Waals surface area contributed by atoms with E-state index in [0.717, 1.165) is 11.1 Å². The Balaban J connectivity index is 2.34. The maximum atomic E-state index is 12.1. The van der Waals surface area contributed by atoms with Crippen molar-refractivity contribution < 1.29 is 14.4 Å². The normalized spacial score (nSPS) is 19.3. The summed E-state index contributed by atoms with van der Waals surface area (Å²) in [6.45, 7) is 4.59. The second-order valence-electron chi connectivity index (χ2n) is 4.73. The monoisotopic (exact) mass is 249 g/mol. The van der Waals surface area contributed by atoms with Gasteiger partial charge in [0.25, 0.3) is 5.91 Å². The number of hydrogen-bond donors (Lipinski definition) is 0. The second-order valence-corrected chi connectivity index (χ2v) is 4.73. The van der Waals surface area contributed by atoms with E-state index in [1.165, 1.54) is 11.1 Å². The van der Waals surface area contributed by atoms with E-state index in [1.807, 2.05) is 13.8 Å². The van der Waals surface area contributed by atoms with Crippen LogP contribution in [-0.2, 0) is 9.59 Å². The van der Waals surface area contributed by atoms with Crippen LogP contribution in [-0.4, -0.2) is 34.4 Å². The molecule has 0 radical (unpaired) electrons. The Labute approximate surface area is 105 Å². The lowest BCUT2D eigenvalue weighted by molar-refractivity contribution is -0.125. The van der Waals surface area contributed by atoms with Crippen LogP contribution in [0.4, 0.5) is 5.82 Å². The van der Waals surface area contributed by atoms with Crippen LogP contribution in [0.5, 0.6) is 0 Å². The molecule has 1 aromatic heterocycles. The molecule has 1 amide bonds. The lowest BCUT2D eigenvalue weighted by Gasteiger charge is -2.29. The van der Waals surface area contributed by atoms with E-state index in [4.69, 9.17) is 0 Å². The topological polar surface area (TPSA) is 72.3 Å². The third-order valence-electron chi connectivity index (χ3n) is 2.97. The molecule has 0 aliphatic carbocycles. The van der Waals surface area contributed by atoms with Gasteiger partial charge in [0.1, 0.15) is 12.1 Å². The number of hydrogen-bond acceptors (Lipinski definition) is 4. The van der Waals surface area contributed by atoms with Crippen LogP contribution in [0.15, 0.2) is 12.3 Å². The molecular formula is C12H15N3O3. The van der Waals surface area contributed by atoms with Crippen LogP contribution < -0.4 is 4.90 Å². The van der Waals surface area contributed by atoms with E-state index in [-0.39, 0.29) is 0 Å². The smallest absolute Gasteiger partial charge is 0.268 e. The van der Waals surface area contributed by atoms with Gasteiger partial charge < -0.3 is 4.79 Å². The van der Waals surface area contributed by atoms with Crippen molar-refractivity contribution in [2.45, 2.75) is 20.3 Å². The first-order valence-corrected chi connectivity index (χ1v) is 5.91. The number of anilines is 1. The number of nitrogens with zero attached hydrogens (tertiary/aromatic N) is 3. The minimum Gasteiger partial charge on any atom is -0.302 e. The van der Waals surface area contributed by atoms with Crippen molar-refractivity contribution in [3.8, 4) is 0 Å². The summed E-state index contributed by atoms with van der Waals surface area (Å²) in [6, 6.07) is 1.61. The standard InChI is InChI=1S/C12H15N3O3/c1-8(2)4-6-14-10-3-5-13-15(10)12(18)9(7-16)11(14)17/h3,5,7-9H,4,6H2,1-2H3. The molecule has 0 fully saturated rings. The van der Waals surface area contributed by atoms with E-state index in [9.17, 15) is 14.4 Å². The average Bonchev–Trinajstić information content (AvgIpc) is 2.78. The van der Waals surface area contributed by atoms with Gasteiger partial charge in [0.15, 0.2) is 5.92 Å². The molecule has 0 spiro atoms. The molecule has 0 aromatic carbocycles. The second kappa shape index (κ2) is 4.72. The van der Waals surface area contributed by atoms with Crippen molar-refractivity contribution in [1.82, 2.24) is 9.78 Å². The number of fused-ring (bicyclic) bond motifs is 1. The van der Waals surface area contributed by atoms with Crippen molar-refractivity contribution in [2.75, 3.05) is 11.4 Å². The van der Waals surface area contributed by atoms with Crippen molar-refractivity contribution in [2.24, 2.45) is 11.8 Å². The summed E-state index contributed by atoms with van der Waals surface area (Å²) in [6.07, 6.45) is 2.64. The van der Waals surface area contributed by atoms with Crippen molar-refractivity contribution in [3.63, 3.8) is 0 Å². The zero-order chi connectivity index (χ0) is 13.3. The maximum Gasteiger partial charge on any atom is 0.268 e. The zero-order valence-electron chi connectivity index (χ0n) is 10.4. The fraction of sp³-hybridized carbons (Fsp3) is 0.500. The van der Waals surface area contributed by atoms with Gasteiger partial charge in [0.2, 0.25) is 5.91 Å². The van der Waals surface area contributed by atoms with Gasteiger partial charge >= 0.3 is 0 Å². The van der Waals surface area contributed by atoms with Crippen LogP contribution in [0.1, 0.15) is 25.1 Å². The van der Waals surface area contributed by atoms with Gasteiger partial charge in [-0.2, -0.15) is 9.78 Å². The number of amides is 1. The van der Waals surface area contributed by atoms with E-state index in [2.05, 4.69) is 5.10 Å². The third-order valence-corrected chi connectivity index (χ3v) is 2.97. The van der Waals surface area contributed by atoms with E-state index >= 15 is 0 Å². The van der Waals surface area contributed by atoms with Gasteiger partial charge in [-0.1, -0.05) is 13.8 Å². The fourth-order valence-corrected chi connectivity index (χ4v) is 1.92. The summed E-state index contributed by atoms with van der Waals surface area (Å²) in [4.78, 5) is 36.3. The molecule has 0 saturated heterocycles.